The zero-order valence-electron chi connectivity index (χ0n) is 12.6. The van der Waals surface area contributed by atoms with Crippen molar-refractivity contribution in [2.45, 2.75) is 38.0 Å². The second kappa shape index (κ2) is 9.40. The Bertz CT molecular complexity index is 470. The molecule has 1 atom stereocenters. The maximum atomic E-state index is 12.4. The summed E-state index contributed by atoms with van der Waals surface area (Å²) in [7, 11) is 0. The van der Waals surface area contributed by atoms with Crippen molar-refractivity contribution in [1.29, 1.82) is 0 Å². The van der Waals surface area contributed by atoms with E-state index in [0.29, 0.717) is 12.2 Å². The van der Waals surface area contributed by atoms with E-state index in [1.807, 2.05) is 56.3 Å². The number of benzene rings is 1. The highest BCUT2D eigenvalue weighted by atomic mass is 32.2. The highest BCUT2D eigenvalue weighted by molar-refractivity contribution is 8.01. The van der Waals surface area contributed by atoms with Gasteiger partial charge in [0.25, 0.3) is 0 Å². The lowest BCUT2D eigenvalue weighted by molar-refractivity contribution is -0.146. The van der Waals surface area contributed by atoms with Crippen LogP contribution in [0.2, 0.25) is 0 Å². The first-order valence-corrected chi connectivity index (χ1v) is 8.07. The molecule has 0 aliphatic carbocycles. The fraction of sp³-hybridized carbons (Fsp3) is 0.412. The lowest BCUT2D eigenvalue weighted by Gasteiger charge is -2.23. The molecule has 114 valence electrons. The van der Waals surface area contributed by atoms with Crippen LogP contribution in [0.25, 0.3) is 0 Å². The molecule has 1 aromatic rings. The average molecular weight is 306 g/mol. The van der Waals surface area contributed by atoms with E-state index in [0.717, 1.165) is 18.3 Å². The molecule has 0 N–H and O–H groups in total. The van der Waals surface area contributed by atoms with Crippen molar-refractivity contribution in [3.05, 3.63) is 48.0 Å². The monoisotopic (exact) mass is 306 g/mol. The van der Waals surface area contributed by atoms with Crippen LogP contribution in [0, 0.1) is 0 Å². The molecule has 0 saturated heterocycles. The van der Waals surface area contributed by atoms with Crippen LogP contribution in [0.15, 0.2) is 42.5 Å². The van der Waals surface area contributed by atoms with E-state index < -0.39 is 4.75 Å². The van der Waals surface area contributed by atoms with Crippen molar-refractivity contribution < 1.29 is 14.3 Å². The highest BCUT2D eigenvalue weighted by Crippen LogP contribution is 2.29. The van der Waals surface area contributed by atoms with E-state index in [1.165, 1.54) is 11.8 Å². The first kappa shape index (κ1) is 17.5. The van der Waals surface area contributed by atoms with Crippen molar-refractivity contribution in [2.24, 2.45) is 0 Å². The molecule has 0 saturated carbocycles. The third-order valence-electron chi connectivity index (χ3n) is 2.93. The molecule has 0 bridgehead atoms. The Morgan fingerprint density at radius 3 is 2.67 bits per heavy atom. The second-order valence-electron chi connectivity index (χ2n) is 4.78. The molecule has 3 nitrogen and oxygen atoms in total. The summed E-state index contributed by atoms with van der Waals surface area (Å²) in [5, 5.41) is 0. The average Bonchev–Trinajstić information content (AvgIpc) is 2.52. The van der Waals surface area contributed by atoms with E-state index in [1.54, 1.807) is 0 Å². The van der Waals surface area contributed by atoms with Gasteiger partial charge in [0.05, 0.1) is 0 Å². The van der Waals surface area contributed by atoms with Crippen molar-refractivity contribution >= 4 is 24.0 Å². The third kappa shape index (κ3) is 6.17. The predicted molar refractivity (Wildman–Crippen MR) is 87.2 cm³/mol. The van der Waals surface area contributed by atoms with Gasteiger partial charge in [-0.2, -0.15) is 0 Å². The van der Waals surface area contributed by atoms with Crippen molar-refractivity contribution in [3.8, 4) is 0 Å². The molecule has 0 unspecified atom stereocenters. The molecule has 0 fully saturated rings. The fourth-order valence-electron chi connectivity index (χ4n) is 1.70. The van der Waals surface area contributed by atoms with Crippen molar-refractivity contribution in [3.63, 3.8) is 0 Å². The third-order valence-corrected chi connectivity index (χ3v) is 4.27. The maximum absolute atomic E-state index is 12.4. The summed E-state index contributed by atoms with van der Waals surface area (Å²) in [4.78, 5) is 22.8. The van der Waals surface area contributed by atoms with E-state index in [4.69, 9.17) is 4.74 Å². The lowest BCUT2D eigenvalue weighted by atomic mass is 10.1. The number of allylic oxidation sites excluding steroid dienone is 1. The van der Waals surface area contributed by atoms with Gasteiger partial charge in [-0.05, 0) is 18.9 Å². The number of rotatable bonds is 9. The van der Waals surface area contributed by atoms with Gasteiger partial charge in [0, 0.05) is 12.2 Å². The molecular formula is C17H22O3S. The normalized spacial score (nSPS) is 13.8. The number of aldehydes is 1. The van der Waals surface area contributed by atoms with Gasteiger partial charge < -0.3 is 9.53 Å². The van der Waals surface area contributed by atoms with Gasteiger partial charge in [-0.1, -0.05) is 49.4 Å². The first-order valence-electron chi connectivity index (χ1n) is 7.09. The number of esters is 1. The molecule has 21 heavy (non-hydrogen) atoms. The Labute approximate surface area is 130 Å². The molecule has 0 aliphatic heterocycles. The van der Waals surface area contributed by atoms with Gasteiger partial charge in [0.2, 0.25) is 0 Å². The van der Waals surface area contributed by atoms with Gasteiger partial charge in [-0.3, -0.25) is 4.79 Å². The van der Waals surface area contributed by atoms with Crippen LogP contribution >= 0.6 is 11.8 Å². The van der Waals surface area contributed by atoms with Crippen LogP contribution < -0.4 is 0 Å². The number of carbonyl (C=O) groups excluding carboxylic acids is 2. The quantitative estimate of drug-likeness (QED) is 0.301. The van der Waals surface area contributed by atoms with Crippen LogP contribution in [-0.2, 0) is 20.9 Å². The van der Waals surface area contributed by atoms with Gasteiger partial charge in [0.15, 0.2) is 0 Å². The second-order valence-corrected chi connectivity index (χ2v) is 6.33. The summed E-state index contributed by atoms with van der Waals surface area (Å²) < 4.78 is 4.68. The molecule has 0 spiro atoms. The molecule has 0 radical (unpaired) electrons. The summed E-state index contributed by atoms with van der Waals surface area (Å²) in [6.07, 6.45) is 5.99. The molecule has 4 heteroatoms. The molecule has 1 rings (SSSR count). The molecule has 0 amide bonds. The van der Waals surface area contributed by atoms with Crippen molar-refractivity contribution in [1.82, 2.24) is 0 Å². The smallest absolute Gasteiger partial charge is 0.326 e. The largest absolute Gasteiger partial charge is 0.460 e. The number of hydrogen-bond donors (Lipinski definition) is 0. The predicted octanol–water partition coefficient (Wildman–Crippen LogP) is 3.78. The molecule has 0 aromatic heterocycles. The van der Waals surface area contributed by atoms with Crippen LogP contribution in [0.5, 0.6) is 0 Å². The Kier molecular flexibility index (Phi) is 7.83. The Morgan fingerprint density at radius 2 is 2.05 bits per heavy atom. The van der Waals surface area contributed by atoms with E-state index >= 15 is 0 Å². The molecule has 0 aliphatic rings. The van der Waals surface area contributed by atoms with Crippen LogP contribution in [0.3, 0.4) is 0 Å². The number of ether oxygens (including phenoxy) is 1. The number of carbonyl (C=O) groups is 2. The lowest BCUT2D eigenvalue weighted by Crippen LogP contribution is -2.32. The first-order chi connectivity index (χ1) is 10.1. The van der Waals surface area contributed by atoms with E-state index in [2.05, 4.69) is 0 Å². The highest BCUT2D eigenvalue weighted by Gasteiger charge is 2.32. The zero-order chi connectivity index (χ0) is 15.6. The molecular weight excluding hydrogens is 284 g/mol. The van der Waals surface area contributed by atoms with E-state index in [9.17, 15) is 9.59 Å². The minimum atomic E-state index is -0.742. The molecule has 1 aromatic carbocycles. The van der Waals surface area contributed by atoms with Crippen LogP contribution in [0.4, 0.5) is 0 Å². The summed E-state index contributed by atoms with van der Waals surface area (Å²) in [5.41, 5.74) is 0.963. The summed E-state index contributed by atoms with van der Waals surface area (Å²) in [6, 6.07) is 9.60. The summed E-state index contributed by atoms with van der Waals surface area (Å²) in [5.74, 6) is 0.334. The Balaban J connectivity index is 2.65. The minimum absolute atomic E-state index is 0.267. The summed E-state index contributed by atoms with van der Waals surface area (Å²) in [6.45, 7) is 4.12. The Morgan fingerprint density at radius 1 is 1.33 bits per heavy atom. The summed E-state index contributed by atoms with van der Waals surface area (Å²) >= 11 is 1.44. The zero-order valence-corrected chi connectivity index (χ0v) is 13.4. The van der Waals surface area contributed by atoms with Gasteiger partial charge in [-0.15, -0.1) is 11.8 Å². The SMILES string of the molecule is CCC=C[C@@](C)(SCCC=O)C(=O)OCc1ccccc1. The Hall–Kier alpha value is -1.55. The topological polar surface area (TPSA) is 43.4 Å². The minimum Gasteiger partial charge on any atom is -0.460 e. The maximum Gasteiger partial charge on any atom is 0.326 e. The van der Waals surface area contributed by atoms with Crippen molar-refractivity contribution in [2.75, 3.05) is 5.75 Å². The van der Waals surface area contributed by atoms with Crippen LogP contribution in [-0.4, -0.2) is 22.8 Å². The number of thioether (sulfide) groups is 1. The van der Waals surface area contributed by atoms with Gasteiger partial charge in [-0.25, -0.2) is 0 Å². The van der Waals surface area contributed by atoms with Gasteiger partial charge >= 0.3 is 5.97 Å². The standard InChI is InChI=1S/C17H22O3S/c1-3-4-11-17(2,21-13-8-12-18)16(19)20-14-15-9-6-5-7-10-15/h4-7,9-12H,3,8,13-14H2,1-2H3/t17-/m1/s1. The van der Waals surface area contributed by atoms with Gasteiger partial charge in [0.1, 0.15) is 17.6 Å². The molecule has 0 heterocycles. The van der Waals surface area contributed by atoms with Crippen LogP contribution in [0.1, 0.15) is 32.3 Å². The fourth-order valence-corrected chi connectivity index (χ4v) is 2.71. The number of hydrogen-bond acceptors (Lipinski definition) is 4. The van der Waals surface area contributed by atoms with E-state index in [-0.39, 0.29) is 12.6 Å².